The van der Waals surface area contributed by atoms with Crippen molar-refractivity contribution in [1.29, 1.82) is 0 Å². The lowest BCUT2D eigenvalue weighted by molar-refractivity contribution is 0.0217. The fourth-order valence-electron chi connectivity index (χ4n) is 3.15. The van der Waals surface area contributed by atoms with Crippen LogP contribution in [0.25, 0.3) is 0 Å². The molecule has 1 saturated carbocycles. The summed E-state index contributed by atoms with van der Waals surface area (Å²) in [6, 6.07) is 1.39. The first-order valence-corrected chi connectivity index (χ1v) is 7.27. The van der Waals surface area contributed by atoms with Gasteiger partial charge in [0.1, 0.15) is 0 Å². The number of hydrogen-bond acceptors (Lipinski definition) is 3. The second-order valence-electron chi connectivity index (χ2n) is 6.16. The summed E-state index contributed by atoms with van der Waals surface area (Å²) in [6.45, 7) is 4.70. The van der Waals surface area contributed by atoms with E-state index in [1.165, 1.54) is 32.2 Å². The number of nitrogens with zero attached hydrogens (tertiary/aromatic N) is 1. The molecule has 2 aliphatic rings. The molecule has 0 aromatic heterocycles. The van der Waals surface area contributed by atoms with Gasteiger partial charge in [0.05, 0.1) is 6.10 Å². The molecule has 1 aliphatic carbocycles. The number of aliphatic hydroxyl groups is 1. The molecule has 0 radical (unpaired) electrons. The molecule has 0 bridgehead atoms. The van der Waals surface area contributed by atoms with E-state index in [9.17, 15) is 5.11 Å². The highest BCUT2D eigenvalue weighted by Gasteiger charge is 2.29. The van der Waals surface area contributed by atoms with Crippen LogP contribution >= 0.6 is 0 Å². The van der Waals surface area contributed by atoms with Crippen molar-refractivity contribution in [2.45, 2.75) is 63.6 Å². The molecule has 1 saturated heterocycles. The molecule has 3 nitrogen and oxygen atoms in total. The van der Waals surface area contributed by atoms with Crippen LogP contribution in [0, 0.1) is 5.92 Å². The van der Waals surface area contributed by atoms with Crippen molar-refractivity contribution >= 4 is 0 Å². The third-order valence-corrected chi connectivity index (χ3v) is 4.55. The summed E-state index contributed by atoms with van der Waals surface area (Å²) >= 11 is 0. The molecule has 2 atom stereocenters. The minimum absolute atomic E-state index is 0.0104. The Morgan fingerprint density at radius 1 is 1.35 bits per heavy atom. The first kappa shape index (κ1) is 13.3. The van der Waals surface area contributed by atoms with Crippen molar-refractivity contribution in [3.8, 4) is 0 Å². The Morgan fingerprint density at radius 3 is 2.71 bits per heavy atom. The normalized spacial score (nSPS) is 35.6. The molecule has 2 N–H and O–H groups in total. The van der Waals surface area contributed by atoms with Crippen LogP contribution in [0.5, 0.6) is 0 Å². The molecule has 3 heteroatoms. The zero-order valence-corrected chi connectivity index (χ0v) is 11.4. The molecule has 2 rings (SSSR count). The Hall–Kier alpha value is -0.120. The number of piperidine rings is 1. The van der Waals surface area contributed by atoms with Crippen LogP contribution in [0.4, 0.5) is 0 Å². The van der Waals surface area contributed by atoms with Crippen LogP contribution in [0.2, 0.25) is 0 Å². The van der Waals surface area contributed by atoms with Gasteiger partial charge >= 0.3 is 0 Å². The smallest absolute Gasteiger partial charge is 0.0546 e. The fraction of sp³-hybridized carbons (Fsp3) is 1.00. The Bertz CT molecular complexity index is 222. The van der Waals surface area contributed by atoms with Gasteiger partial charge in [0.25, 0.3) is 0 Å². The van der Waals surface area contributed by atoms with E-state index >= 15 is 0 Å². The second kappa shape index (κ2) is 6.17. The first-order chi connectivity index (χ1) is 8.15. The molecular weight excluding hydrogens is 212 g/mol. The van der Waals surface area contributed by atoms with Gasteiger partial charge in [0, 0.05) is 18.6 Å². The zero-order valence-electron chi connectivity index (χ0n) is 11.4. The highest BCUT2D eigenvalue weighted by atomic mass is 16.3. The van der Waals surface area contributed by atoms with Crippen LogP contribution in [-0.2, 0) is 0 Å². The number of nitrogens with one attached hydrogen (secondary N) is 1. The Kier molecular flexibility index (Phi) is 4.83. The molecule has 100 valence electrons. The molecule has 0 aromatic carbocycles. The number of hydrogen-bond donors (Lipinski definition) is 2. The van der Waals surface area contributed by atoms with Crippen molar-refractivity contribution < 1.29 is 5.11 Å². The van der Waals surface area contributed by atoms with Gasteiger partial charge in [-0.2, -0.15) is 0 Å². The van der Waals surface area contributed by atoms with Crippen LogP contribution in [0.1, 0.15) is 45.4 Å². The van der Waals surface area contributed by atoms with Crippen molar-refractivity contribution in [3.63, 3.8) is 0 Å². The van der Waals surface area contributed by atoms with Crippen molar-refractivity contribution in [3.05, 3.63) is 0 Å². The maximum absolute atomic E-state index is 9.30. The molecule has 1 aliphatic heterocycles. The predicted octanol–water partition coefficient (Wildman–Crippen LogP) is 1.61. The Balaban J connectivity index is 1.65. The Morgan fingerprint density at radius 2 is 2.12 bits per heavy atom. The van der Waals surface area contributed by atoms with Gasteiger partial charge in [-0.05, 0) is 58.5 Å². The van der Waals surface area contributed by atoms with E-state index in [0.717, 1.165) is 31.3 Å². The molecule has 0 amide bonds. The molecule has 17 heavy (non-hydrogen) atoms. The molecule has 2 fully saturated rings. The summed E-state index contributed by atoms with van der Waals surface area (Å²) < 4.78 is 0. The molecular formula is C14H28N2O. The van der Waals surface area contributed by atoms with E-state index in [0.29, 0.717) is 6.04 Å². The van der Waals surface area contributed by atoms with Gasteiger partial charge in [0.2, 0.25) is 0 Å². The summed E-state index contributed by atoms with van der Waals surface area (Å²) in [5.74, 6) is 0.733. The van der Waals surface area contributed by atoms with Crippen LogP contribution in [0.3, 0.4) is 0 Å². The van der Waals surface area contributed by atoms with Crippen molar-refractivity contribution in [2.75, 3.05) is 20.1 Å². The quantitative estimate of drug-likeness (QED) is 0.766. The maximum Gasteiger partial charge on any atom is 0.0546 e. The average Bonchev–Trinajstić information content (AvgIpc) is 2.28. The van der Waals surface area contributed by atoms with Crippen molar-refractivity contribution in [1.82, 2.24) is 10.2 Å². The lowest BCUT2D eigenvalue weighted by atomic mass is 9.82. The van der Waals surface area contributed by atoms with Gasteiger partial charge in [-0.1, -0.05) is 6.42 Å². The summed E-state index contributed by atoms with van der Waals surface area (Å²) in [4.78, 5) is 2.48. The summed E-state index contributed by atoms with van der Waals surface area (Å²) in [5.41, 5.74) is 0. The van der Waals surface area contributed by atoms with Crippen LogP contribution < -0.4 is 5.32 Å². The van der Waals surface area contributed by atoms with E-state index in [4.69, 9.17) is 0 Å². The molecule has 0 spiro atoms. The standard InChI is InChI=1S/C14H28N2O/c1-11(7-13-5-3-4-6-15-13)16(2)10-12-8-14(17)9-12/h11-15,17H,3-10H2,1-2H3. The largest absolute Gasteiger partial charge is 0.393 e. The van der Waals surface area contributed by atoms with E-state index in [2.05, 4.69) is 24.2 Å². The van der Waals surface area contributed by atoms with Gasteiger partial charge < -0.3 is 15.3 Å². The maximum atomic E-state index is 9.30. The minimum atomic E-state index is -0.0104. The third kappa shape index (κ3) is 3.94. The lowest BCUT2D eigenvalue weighted by Crippen LogP contribution is -2.44. The van der Waals surface area contributed by atoms with Gasteiger partial charge in [-0.3, -0.25) is 0 Å². The van der Waals surface area contributed by atoms with E-state index in [1.807, 2.05) is 0 Å². The van der Waals surface area contributed by atoms with Crippen molar-refractivity contribution in [2.24, 2.45) is 5.92 Å². The molecule has 0 aromatic rings. The summed E-state index contributed by atoms with van der Waals surface area (Å²) in [7, 11) is 2.23. The summed E-state index contributed by atoms with van der Waals surface area (Å²) in [6.07, 6.45) is 7.37. The van der Waals surface area contributed by atoms with Gasteiger partial charge in [0.15, 0.2) is 0 Å². The van der Waals surface area contributed by atoms with E-state index in [1.54, 1.807) is 0 Å². The highest BCUT2D eigenvalue weighted by Crippen LogP contribution is 2.28. The topological polar surface area (TPSA) is 35.5 Å². The monoisotopic (exact) mass is 240 g/mol. The fourth-order valence-corrected chi connectivity index (χ4v) is 3.15. The zero-order chi connectivity index (χ0) is 12.3. The predicted molar refractivity (Wildman–Crippen MR) is 71.1 cm³/mol. The minimum Gasteiger partial charge on any atom is -0.393 e. The summed E-state index contributed by atoms with van der Waals surface area (Å²) in [5, 5.41) is 12.9. The third-order valence-electron chi connectivity index (χ3n) is 4.55. The van der Waals surface area contributed by atoms with Crippen LogP contribution in [0.15, 0.2) is 0 Å². The first-order valence-electron chi connectivity index (χ1n) is 7.27. The Labute approximate surface area is 106 Å². The van der Waals surface area contributed by atoms with E-state index in [-0.39, 0.29) is 6.10 Å². The van der Waals surface area contributed by atoms with Crippen LogP contribution in [-0.4, -0.2) is 48.3 Å². The highest BCUT2D eigenvalue weighted by molar-refractivity contribution is 4.83. The average molecular weight is 240 g/mol. The molecule has 2 unspecified atom stereocenters. The number of rotatable bonds is 5. The van der Waals surface area contributed by atoms with E-state index < -0.39 is 0 Å². The lowest BCUT2D eigenvalue weighted by Gasteiger charge is -2.38. The van der Waals surface area contributed by atoms with Gasteiger partial charge in [-0.15, -0.1) is 0 Å². The SMILES string of the molecule is CC(CC1CCCCN1)N(C)CC1CC(O)C1. The van der Waals surface area contributed by atoms with Gasteiger partial charge in [-0.25, -0.2) is 0 Å². The second-order valence-corrected chi connectivity index (χ2v) is 6.16. The number of aliphatic hydroxyl groups excluding tert-OH is 1. The molecule has 1 heterocycles.